The van der Waals surface area contributed by atoms with Crippen LogP contribution in [-0.4, -0.2) is 10.8 Å². The molecule has 0 unspecified atom stereocenters. The SMILES string of the molecule is CC(=O)/C=C(\C)c1c[nH]c2ccc(Br)cc12. The van der Waals surface area contributed by atoms with Crippen molar-refractivity contribution in [1.82, 2.24) is 4.98 Å². The van der Waals surface area contributed by atoms with Crippen LogP contribution in [0.4, 0.5) is 0 Å². The Hall–Kier alpha value is -1.35. The van der Waals surface area contributed by atoms with Gasteiger partial charge >= 0.3 is 0 Å². The van der Waals surface area contributed by atoms with E-state index in [-0.39, 0.29) is 5.78 Å². The lowest BCUT2D eigenvalue weighted by molar-refractivity contribution is -0.112. The van der Waals surface area contributed by atoms with E-state index in [1.807, 2.05) is 25.3 Å². The van der Waals surface area contributed by atoms with Crippen molar-refractivity contribution in [2.75, 3.05) is 0 Å². The van der Waals surface area contributed by atoms with E-state index in [0.29, 0.717) is 0 Å². The number of carbonyl (C=O) groups excluding carboxylic acids is 1. The monoisotopic (exact) mass is 277 g/mol. The summed E-state index contributed by atoms with van der Waals surface area (Å²) in [7, 11) is 0. The van der Waals surface area contributed by atoms with Crippen molar-refractivity contribution in [2.45, 2.75) is 13.8 Å². The number of H-pyrrole nitrogens is 1. The first-order valence-electron chi connectivity index (χ1n) is 5.04. The highest BCUT2D eigenvalue weighted by molar-refractivity contribution is 9.10. The number of aromatic amines is 1. The number of fused-ring (bicyclic) bond motifs is 1. The molecule has 0 bridgehead atoms. The molecule has 0 spiro atoms. The minimum absolute atomic E-state index is 0.0712. The van der Waals surface area contributed by atoms with Gasteiger partial charge in [-0.1, -0.05) is 15.9 Å². The topological polar surface area (TPSA) is 32.9 Å². The number of aromatic nitrogens is 1. The van der Waals surface area contributed by atoms with E-state index in [0.717, 1.165) is 26.5 Å². The first-order valence-corrected chi connectivity index (χ1v) is 5.83. The predicted molar refractivity (Wildman–Crippen MR) is 70.3 cm³/mol. The molecule has 1 aromatic heterocycles. The smallest absolute Gasteiger partial charge is 0.152 e. The second kappa shape index (κ2) is 4.26. The predicted octanol–water partition coefficient (Wildman–Crippen LogP) is 3.92. The average Bonchev–Trinajstić information content (AvgIpc) is 2.59. The number of hydrogen-bond acceptors (Lipinski definition) is 1. The van der Waals surface area contributed by atoms with Crippen molar-refractivity contribution in [3.8, 4) is 0 Å². The molecule has 1 N–H and O–H groups in total. The summed E-state index contributed by atoms with van der Waals surface area (Å²) in [6.07, 6.45) is 3.59. The van der Waals surface area contributed by atoms with E-state index in [1.54, 1.807) is 13.0 Å². The number of rotatable bonds is 2. The highest BCUT2D eigenvalue weighted by Gasteiger charge is 2.06. The molecule has 2 aromatic rings. The van der Waals surface area contributed by atoms with Crippen molar-refractivity contribution in [2.24, 2.45) is 0 Å². The van der Waals surface area contributed by atoms with Gasteiger partial charge in [0.25, 0.3) is 0 Å². The number of halogens is 1. The summed E-state index contributed by atoms with van der Waals surface area (Å²) in [5.74, 6) is 0.0712. The van der Waals surface area contributed by atoms with Crippen LogP contribution in [0.2, 0.25) is 0 Å². The normalized spacial score (nSPS) is 12.1. The Bertz CT molecular complexity index is 581. The zero-order valence-corrected chi connectivity index (χ0v) is 10.8. The fourth-order valence-corrected chi connectivity index (χ4v) is 2.16. The first kappa shape index (κ1) is 11.1. The average molecular weight is 278 g/mol. The number of benzene rings is 1. The van der Waals surface area contributed by atoms with E-state index in [2.05, 4.69) is 27.0 Å². The van der Waals surface area contributed by atoms with Crippen molar-refractivity contribution in [1.29, 1.82) is 0 Å². The van der Waals surface area contributed by atoms with Crippen LogP contribution in [0.5, 0.6) is 0 Å². The summed E-state index contributed by atoms with van der Waals surface area (Å²) in [5.41, 5.74) is 3.14. The van der Waals surface area contributed by atoms with Crippen LogP contribution in [0.25, 0.3) is 16.5 Å². The lowest BCUT2D eigenvalue weighted by Crippen LogP contribution is -1.85. The summed E-state index contributed by atoms with van der Waals surface area (Å²) in [5, 5.41) is 1.13. The maximum atomic E-state index is 11.1. The lowest BCUT2D eigenvalue weighted by atomic mass is 10.1. The van der Waals surface area contributed by atoms with Crippen molar-refractivity contribution in [3.63, 3.8) is 0 Å². The summed E-state index contributed by atoms with van der Waals surface area (Å²) >= 11 is 3.45. The summed E-state index contributed by atoms with van der Waals surface area (Å²) < 4.78 is 1.04. The standard InChI is InChI=1S/C13H12BrNO/c1-8(5-9(2)16)12-7-15-13-4-3-10(14)6-11(12)13/h3-7,15H,1-2H3/b8-5+. The van der Waals surface area contributed by atoms with E-state index >= 15 is 0 Å². The fraction of sp³-hybridized carbons (Fsp3) is 0.154. The fourth-order valence-electron chi connectivity index (χ4n) is 1.80. The zero-order chi connectivity index (χ0) is 11.7. The Kier molecular flexibility index (Phi) is 2.97. The van der Waals surface area contributed by atoms with Gasteiger partial charge in [-0.15, -0.1) is 0 Å². The van der Waals surface area contributed by atoms with Gasteiger partial charge in [0, 0.05) is 27.1 Å². The Morgan fingerprint density at radius 3 is 2.81 bits per heavy atom. The molecule has 0 aliphatic heterocycles. The second-order valence-electron chi connectivity index (χ2n) is 3.83. The third-order valence-corrected chi connectivity index (χ3v) is 2.98. The molecule has 0 fully saturated rings. The van der Waals surface area contributed by atoms with Crippen LogP contribution >= 0.6 is 15.9 Å². The van der Waals surface area contributed by atoms with Gasteiger partial charge in [-0.05, 0) is 43.7 Å². The molecule has 0 atom stereocenters. The molecule has 1 aromatic carbocycles. The quantitative estimate of drug-likeness (QED) is 0.830. The molecular weight excluding hydrogens is 266 g/mol. The molecular formula is C13H12BrNO. The molecule has 2 nitrogen and oxygen atoms in total. The molecule has 0 aliphatic carbocycles. The van der Waals surface area contributed by atoms with Crippen molar-refractivity contribution < 1.29 is 4.79 Å². The van der Waals surface area contributed by atoms with Crippen LogP contribution in [0.15, 0.2) is 34.9 Å². The molecule has 0 radical (unpaired) electrons. The second-order valence-corrected chi connectivity index (χ2v) is 4.75. The maximum Gasteiger partial charge on any atom is 0.152 e. The van der Waals surface area contributed by atoms with Gasteiger partial charge in [0.05, 0.1) is 0 Å². The summed E-state index contributed by atoms with van der Waals surface area (Å²) in [6, 6.07) is 6.06. The van der Waals surface area contributed by atoms with Gasteiger partial charge in [-0.3, -0.25) is 4.79 Å². The van der Waals surface area contributed by atoms with Gasteiger partial charge in [-0.25, -0.2) is 0 Å². The molecule has 0 saturated carbocycles. The van der Waals surface area contributed by atoms with E-state index < -0.39 is 0 Å². The number of hydrogen-bond donors (Lipinski definition) is 1. The molecule has 16 heavy (non-hydrogen) atoms. The Balaban J connectivity index is 2.61. The molecule has 82 valence electrons. The van der Waals surface area contributed by atoms with Crippen molar-refractivity contribution >= 4 is 38.2 Å². The minimum atomic E-state index is 0.0712. The Morgan fingerprint density at radius 1 is 1.38 bits per heavy atom. The number of ketones is 1. The minimum Gasteiger partial charge on any atom is -0.361 e. The van der Waals surface area contributed by atoms with Crippen LogP contribution in [0.3, 0.4) is 0 Å². The van der Waals surface area contributed by atoms with Gasteiger partial charge in [0.2, 0.25) is 0 Å². The largest absolute Gasteiger partial charge is 0.361 e. The number of carbonyl (C=O) groups is 1. The Morgan fingerprint density at radius 2 is 2.12 bits per heavy atom. The van der Waals surface area contributed by atoms with Crippen LogP contribution in [0.1, 0.15) is 19.4 Å². The summed E-state index contributed by atoms with van der Waals surface area (Å²) in [6.45, 7) is 3.51. The van der Waals surface area contributed by atoms with Gasteiger partial charge in [0.1, 0.15) is 0 Å². The first-order chi connectivity index (χ1) is 7.58. The highest BCUT2D eigenvalue weighted by Crippen LogP contribution is 2.27. The number of allylic oxidation sites excluding steroid dienone is 2. The third-order valence-electron chi connectivity index (χ3n) is 2.49. The molecule has 0 amide bonds. The maximum absolute atomic E-state index is 11.1. The van der Waals surface area contributed by atoms with E-state index in [4.69, 9.17) is 0 Å². The van der Waals surface area contributed by atoms with Crippen LogP contribution < -0.4 is 0 Å². The van der Waals surface area contributed by atoms with E-state index in [9.17, 15) is 4.79 Å². The molecule has 1 heterocycles. The van der Waals surface area contributed by atoms with Gasteiger partial charge < -0.3 is 4.98 Å². The van der Waals surface area contributed by atoms with E-state index in [1.165, 1.54) is 0 Å². The highest BCUT2D eigenvalue weighted by atomic mass is 79.9. The zero-order valence-electron chi connectivity index (χ0n) is 9.17. The number of nitrogens with one attached hydrogen (secondary N) is 1. The van der Waals surface area contributed by atoms with Gasteiger partial charge in [-0.2, -0.15) is 0 Å². The van der Waals surface area contributed by atoms with Crippen molar-refractivity contribution in [3.05, 3.63) is 40.5 Å². The molecule has 0 saturated heterocycles. The van der Waals surface area contributed by atoms with Crippen LogP contribution in [0, 0.1) is 0 Å². The Labute approximate surface area is 102 Å². The molecule has 3 heteroatoms. The molecule has 2 rings (SSSR count). The third kappa shape index (κ3) is 2.09. The summed E-state index contributed by atoms with van der Waals surface area (Å²) in [4.78, 5) is 14.3. The van der Waals surface area contributed by atoms with Crippen LogP contribution in [-0.2, 0) is 4.79 Å². The van der Waals surface area contributed by atoms with Gasteiger partial charge in [0.15, 0.2) is 5.78 Å². The molecule has 0 aliphatic rings. The lowest BCUT2D eigenvalue weighted by Gasteiger charge is -1.99.